The third kappa shape index (κ3) is 3.60. The molecule has 0 atom stereocenters. The molecule has 252 valence electrons. The summed E-state index contributed by atoms with van der Waals surface area (Å²) >= 11 is 0. The maximum absolute atomic E-state index is 6.52. The lowest BCUT2D eigenvalue weighted by Crippen LogP contribution is -1.92. The van der Waals surface area contributed by atoms with Crippen LogP contribution in [0.2, 0.25) is 0 Å². The predicted octanol–water partition coefficient (Wildman–Crippen LogP) is 11.3. The molecule has 0 N–H and O–H groups in total. The van der Waals surface area contributed by atoms with Crippen molar-refractivity contribution in [1.29, 1.82) is 0 Å². The van der Waals surface area contributed by atoms with Crippen molar-refractivity contribution in [3.05, 3.63) is 158 Å². The average Bonchev–Trinajstić information content (AvgIpc) is 4.06. The van der Waals surface area contributed by atoms with Crippen LogP contribution in [0, 0.1) is 0 Å². The van der Waals surface area contributed by atoms with Crippen LogP contribution in [-0.4, -0.2) is 27.9 Å². The topological polar surface area (TPSA) is 70.7 Å². The van der Waals surface area contributed by atoms with Gasteiger partial charge in [-0.05, 0) is 70.8 Å². The molecule has 0 radical (unpaired) electrons. The Morgan fingerprint density at radius 3 is 1.09 bits per heavy atom. The molecule has 8 heteroatoms. The number of oxazole rings is 2. The van der Waals surface area contributed by atoms with E-state index in [4.69, 9.17) is 18.8 Å². The van der Waals surface area contributed by atoms with Crippen LogP contribution in [0.25, 0.3) is 112 Å². The smallest absolute Gasteiger partial charge is 0.307 e. The molecule has 12 aromatic rings. The van der Waals surface area contributed by atoms with E-state index in [2.05, 4.69) is 140 Å². The Labute approximate surface area is 306 Å². The van der Waals surface area contributed by atoms with Gasteiger partial charge in [-0.25, -0.2) is 0 Å². The molecule has 13 rings (SSSR count). The van der Waals surface area contributed by atoms with E-state index in [-0.39, 0.29) is 0 Å². The van der Waals surface area contributed by atoms with Gasteiger partial charge < -0.3 is 18.0 Å². The first-order chi connectivity index (χ1) is 26.8. The molecule has 6 aromatic carbocycles. The van der Waals surface area contributed by atoms with E-state index in [0.29, 0.717) is 11.7 Å². The molecule has 1 aliphatic carbocycles. The molecule has 0 saturated heterocycles. The average molecular weight is 695 g/mol. The zero-order valence-electron chi connectivity index (χ0n) is 28.5. The quantitative estimate of drug-likeness (QED) is 0.181. The summed E-state index contributed by atoms with van der Waals surface area (Å²) in [6.45, 7) is 0. The summed E-state index contributed by atoms with van der Waals surface area (Å²) in [4.78, 5) is 9.59. The van der Waals surface area contributed by atoms with E-state index in [9.17, 15) is 0 Å². The number of rotatable bonds is 2. The largest absolute Gasteiger partial charge is 0.421 e. The molecule has 8 nitrogen and oxygen atoms in total. The van der Waals surface area contributed by atoms with Gasteiger partial charge in [-0.3, -0.25) is 8.80 Å². The zero-order chi connectivity index (χ0) is 35.1. The lowest BCUT2D eigenvalue weighted by atomic mass is 9.84. The maximum atomic E-state index is 6.52. The van der Waals surface area contributed by atoms with Crippen LogP contribution >= 0.6 is 0 Å². The molecule has 0 fully saturated rings. The monoisotopic (exact) mass is 694 g/mol. The van der Waals surface area contributed by atoms with Crippen LogP contribution in [-0.2, 0) is 0 Å². The number of aromatic nitrogens is 6. The second-order valence-electron chi connectivity index (χ2n) is 14.0. The fourth-order valence-electron chi connectivity index (χ4n) is 8.74. The highest BCUT2D eigenvalue weighted by atomic mass is 16.4. The van der Waals surface area contributed by atoms with Crippen molar-refractivity contribution in [3.63, 3.8) is 0 Å². The first-order valence-electron chi connectivity index (χ1n) is 18.0. The van der Waals surface area contributed by atoms with Crippen LogP contribution in [0.3, 0.4) is 0 Å². The highest BCUT2D eigenvalue weighted by Crippen LogP contribution is 2.49. The molecule has 6 heterocycles. The summed E-state index contributed by atoms with van der Waals surface area (Å²) in [5.74, 6) is 1.17. The molecule has 0 unspecified atom stereocenters. The van der Waals surface area contributed by atoms with Gasteiger partial charge in [-0.15, -0.1) is 0 Å². The van der Waals surface area contributed by atoms with Gasteiger partial charge in [0.2, 0.25) is 0 Å². The number of para-hydroxylation sites is 6. The summed E-state index contributed by atoms with van der Waals surface area (Å²) in [7, 11) is 0. The Morgan fingerprint density at radius 1 is 0.333 bits per heavy atom. The third-order valence-electron chi connectivity index (χ3n) is 11.1. The van der Waals surface area contributed by atoms with Gasteiger partial charge in [0.05, 0.1) is 44.5 Å². The summed E-state index contributed by atoms with van der Waals surface area (Å²) in [6.07, 6.45) is 8.98. The molecule has 0 amide bonds. The van der Waals surface area contributed by atoms with Gasteiger partial charge in [0.25, 0.3) is 0 Å². The molecule has 0 aliphatic heterocycles. The van der Waals surface area contributed by atoms with Gasteiger partial charge in [-0.1, -0.05) is 84.9 Å². The predicted molar refractivity (Wildman–Crippen MR) is 212 cm³/mol. The minimum atomic E-state index is 0.587. The number of imidazole rings is 2. The van der Waals surface area contributed by atoms with Gasteiger partial charge in [-0.2, -0.15) is 9.97 Å². The van der Waals surface area contributed by atoms with Crippen LogP contribution < -0.4 is 0 Å². The van der Waals surface area contributed by atoms with Gasteiger partial charge in [0.15, 0.2) is 11.2 Å². The van der Waals surface area contributed by atoms with Crippen LogP contribution in [0.15, 0.2) is 167 Å². The van der Waals surface area contributed by atoms with Crippen molar-refractivity contribution < 1.29 is 8.83 Å². The molecule has 1 aliphatic rings. The van der Waals surface area contributed by atoms with Gasteiger partial charge >= 0.3 is 11.7 Å². The first-order valence-corrected chi connectivity index (χ1v) is 18.0. The summed E-state index contributed by atoms with van der Waals surface area (Å²) in [5, 5.41) is 0. The van der Waals surface area contributed by atoms with E-state index in [1.54, 1.807) is 0 Å². The molecule has 0 spiro atoms. The van der Waals surface area contributed by atoms with Crippen LogP contribution in [0.5, 0.6) is 0 Å². The van der Waals surface area contributed by atoms with E-state index in [1.165, 1.54) is 0 Å². The Hall–Kier alpha value is -7.58. The Bertz CT molecular complexity index is 3210. The molecular weight excluding hydrogens is 669 g/mol. The van der Waals surface area contributed by atoms with Crippen LogP contribution in [0.1, 0.15) is 0 Å². The van der Waals surface area contributed by atoms with Crippen molar-refractivity contribution in [2.75, 3.05) is 0 Å². The van der Waals surface area contributed by atoms with Crippen LogP contribution in [0.4, 0.5) is 0 Å². The molecule has 0 bridgehead atoms. The number of hydrogen-bond acceptors (Lipinski definition) is 4. The molecule has 54 heavy (non-hydrogen) atoms. The second-order valence-corrected chi connectivity index (χ2v) is 14.0. The van der Waals surface area contributed by atoms with Gasteiger partial charge in [0, 0.05) is 47.0 Å². The number of nitrogens with zero attached hydrogens (tertiary/aromatic N) is 6. The SMILES string of the molecule is c1ccc2c(c1)-c1cn(-c3cccc4c3oc3nc5ccccc5n34)cc1-c1ccccc1-c1cn(-c3cccc4c3oc3nc5ccccc5n34)cc1-2. The second kappa shape index (κ2) is 10.1. The fourth-order valence-corrected chi connectivity index (χ4v) is 8.74. The minimum absolute atomic E-state index is 0.587. The first kappa shape index (κ1) is 28.1. The third-order valence-corrected chi connectivity index (χ3v) is 11.1. The van der Waals surface area contributed by atoms with E-state index in [1.807, 2.05) is 36.4 Å². The maximum Gasteiger partial charge on any atom is 0.307 e. The summed E-state index contributed by atoms with van der Waals surface area (Å²) < 4.78 is 21.7. The van der Waals surface area contributed by atoms with Crippen molar-refractivity contribution in [3.8, 4) is 55.9 Å². The van der Waals surface area contributed by atoms with E-state index < -0.39 is 0 Å². The van der Waals surface area contributed by atoms with Crippen molar-refractivity contribution >= 4 is 56.0 Å². The van der Waals surface area contributed by atoms with Crippen molar-refractivity contribution in [2.45, 2.75) is 0 Å². The summed E-state index contributed by atoms with van der Waals surface area (Å²) in [5.41, 5.74) is 18.6. The molecule has 0 saturated carbocycles. The standard InChI is InChI=1S/C46H26N6O2/c1-2-12-28-27(11-1)31-23-49(39-19-9-21-41-43(39)53-45-47-35-15-5-7-17-37(35)51(41)45)25-33(31)29-13-3-4-14-30(29)34-26-50(24-32(28)34)40-20-10-22-42-44(40)54-46-48-36-16-6-8-18-38(36)52(42)46/h1-26H. The van der Waals surface area contributed by atoms with Crippen molar-refractivity contribution in [1.82, 2.24) is 27.9 Å². The molecular formula is C46H26N6O2. The normalized spacial score (nSPS) is 12.4. The number of benzene rings is 6. The van der Waals surface area contributed by atoms with E-state index in [0.717, 1.165) is 100 Å². The van der Waals surface area contributed by atoms with E-state index >= 15 is 0 Å². The Morgan fingerprint density at radius 2 is 0.685 bits per heavy atom. The fraction of sp³-hybridized carbons (Fsp3) is 0. The Balaban J connectivity index is 1.03. The Kier molecular flexibility index (Phi) is 5.22. The summed E-state index contributed by atoms with van der Waals surface area (Å²) in [6, 6.07) is 46.3. The van der Waals surface area contributed by atoms with Gasteiger partial charge in [0.1, 0.15) is 0 Å². The zero-order valence-corrected chi connectivity index (χ0v) is 28.5. The molecule has 6 aromatic heterocycles. The number of hydrogen-bond donors (Lipinski definition) is 0. The minimum Gasteiger partial charge on any atom is -0.421 e. The lowest BCUT2D eigenvalue weighted by molar-refractivity contribution is 0.640. The lowest BCUT2D eigenvalue weighted by Gasteiger charge is -2.18. The highest BCUT2D eigenvalue weighted by Gasteiger charge is 2.27. The highest BCUT2D eigenvalue weighted by molar-refractivity contribution is 6.04. The number of fused-ring (bicyclic) bond motifs is 18. The van der Waals surface area contributed by atoms with Crippen molar-refractivity contribution in [2.24, 2.45) is 0 Å².